The van der Waals surface area contributed by atoms with Gasteiger partial charge in [0, 0.05) is 37.9 Å². The van der Waals surface area contributed by atoms with Gasteiger partial charge in [-0.25, -0.2) is 0 Å². The highest BCUT2D eigenvalue weighted by Gasteiger charge is 2.28. The van der Waals surface area contributed by atoms with Gasteiger partial charge in [0.25, 0.3) is 5.91 Å². The van der Waals surface area contributed by atoms with E-state index in [0.717, 1.165) is 24.1 Å². The van der Waals surface area contributed by atoms with Crippen LogP contribution < -0.4 is 5.32 Å². The van der Waals surface area contributed by atoms with E-state index < -0.39 is 0 Å². The molecule has 3 heterocycles. The smallest absolute Gasteiger partial charge is 0.289 e. The van der Waals surface area contributed by atoms with E-state index in [1.165, 1.54) is 12.8 Å². The molecule has 2 aliphatic rings. The number of aryl methyl sites for hydroxylation is 1. The maximum atomic E-state index is 12.9. The first-order valence-electron chi connectivity index (χ1n) is 11.4. The fraction of sp³-hybridized carbons (Fsp3) is 0.542. The summed E-state index contributed by atoms with van der Waals surface area (Å²) in [7, 11) is 0. The maximum Gasteiger partial charge on any atom is 0.289 e. The molecule has 0 bridgehead atoms. The largest absolute Gasteiger partial charge is 0.456 e. The minimum atomic E-state index is -0.125. The van der Waals surface area contributed by atoms with Gasteiger partial charge in [-0.3, -0.25) is 14.5 Å². The molecule has 2 amide bonds. The predicted molar refractivity (Wildman–Crippen MR) is 121 cm³/mol. The first-order chi connectivity index (χ1) is 15.4. The Morgan fingerprint density at radius 3 is 2.41 bits per heavy atom. The lowest BCUT2D eigenvalue weighted by atomic mass is 10.2. The average Bonchev–Trinajstić information content (AvgIpc) is 3.50. The van der Waals surface area contributed by atoms with Gasteiger partial charge >= 0.3 is 0 Å². The van der Waals surface area contributed by atoms with Crippen molar-refractivity contribution in [3.8, 4) is 6.07 Å². The Bertz CT molecular complexity index is 1050. The van der Waals surface area contributed by atoms with Crippen LogP contribution in [0.15, 0.2) is 16.5 Å². The fourth-order valence-corrected chi connectivity index (χ4v) is 4.89. The second-order valence-electron chi connectivity index (χ2n) is 8.88. The topological polar surface area (TPSA) is 94.5 Å². The van der Waals surface area contributed by atoms with E-state index in [1.807, 2.05) is 25.7 Å². The summed E-state index contributed by atoms with van der Waals surface area (Å²) in [6, 6.07) is 6.12. The van der Waals surface area contributed by atoms with Crippen LogP contribution in [0, 0.1) is 32.1 Å². The molecule has 1 saturated carbocycles. The van der Waals surface area contributed by atoms with Gasteiger partial charge in [-0.1, -0.05) is 12.8 Å². The molecular formula is C24H31N5O3. The molecule has 2 fully saturated rings. The lowest BCUT2D eigenvalue weighted by molar-refractivity contribution is -0.117. The van der Waals surface area contributed by atoms with Gasteiger partial charge in [0.1, 0.15) is 17.6 Å². The number of nitriles is 1. The van der Waals surface area contributed by atoms with E-state index in [9.17, 15) is 14.9 Å². The van der Waals surface area contributed by atoms with Gasteiger partial charge < -0.3 is 19.2 Å². The lowest BCUT2D eigenvalue weighted by Crippen LogP contribution is -2.50. The number of aromatic nitrogens is 1. The molecule has 8 heteroatoms. The Morgan fingerprint density at radius 2 is 1.81 bits per heavy atom. The van der Waals surface area contributed by atoms with Crippen molar-refractivity contribution in [2.24, 2.45) is 0 Å². The van der Waals surface area contributed by atoms with Crippen LogP contribution in [-0.2, 0) is 4.79 Å². The molecule has 2 aromatic heterocycles. The number of amides is 2. The fourth-order valence-electron chi connectivity index (χ4n) is 4.89. The molecule has 0 radical (unpaired) electrons. The zero-order valence-corrected chi connectivity index (χ0v) is 19.1. The number of carbonyl (C=O) groups is 2. The third kappa shape index (κ3) is 4.30. The third-order valence-corrected chi connectivity index (χ3v) is 6.79. The van der Waals surface area contributed by atoms with Crippen LogP contribution in [0.4, 0.5) is 5.82 Å². The number of rotatable bonds is 5. The van der Waals surface area contributed by atoms with Crippen molar-refractivity contribution in [3.63, 3.8) is 0 Å². The van der Waals surface area contributed by atoms with E-state index in [0.29, 0.717) is 55.1 Å². The summed E-state index contributed by atoms with van der Waals surface area (Å²) in [5, 5.41) is 12.8. The molecule has 0 unspecified atom stereocenters. The minimum absolute atomic E-state index is 0.110. The third-order valence-electron chi connectivity index (χ3n) is 6.79. The number of carbonyl (C=O) groups excluding carboxylic acids is 2. The molecule has 2 aromatic rings. The Morgan fingerprint density at radius 1 is 1.12 bits per heavy atom. The average molecular weight is 438 g/mol. The van der Waals surface area contributed by atoms with Crippen LogP contribution in [0.1, 0.15) is 64.9 Å². The summed E-state index contributed by atoms with van der Waals surface area (Å²) in [5.41, 5.74) is 2.56. The monoisotopic (exact) mass is 437 g/mol. The second-order valence-corrected chi connectivity index (χ2v) is 8.88. The maximum absolute atomic E-state index is 12.9. The van der Waals surface area contributed by atoms with Gasteiger partial charge in [0.15, 0.2) is 5.76 Å². The molecule has 8 nitrogen and oxygen atoms in total. The van der Waals surface area contributed by atoms with Gasteiger partial charge in [-0.05, 0) is 51.3 Å². The number of nitrogens with zero attached hydrogens (tertiary/aromatic N) is 4. The highest BCUT2D eigenvalue weighted by atomic mass is 16.3. The van der Waals surface area contributed by atoms with E-state index >= 15 is 0 Å². The van der Waals surface area contributed by atoms with Gasteiger partial charge in [-0.2, -0.15) is 5.26 Å². The van der Waals surface area contributed by atoms with Crippen LogP contribution in [0.5, 0.6) is 0 Å². The van der Waals surface area contributed by atoms with E-state index in [-0.39, 0.29) is 18.4 Å². The van der Waals surface area contributed by atoms with Crippen LogP contribution in [0.25, 0.3) is 0 Å². The van der Waals surface area contributed by atoms with E-state index in [4.69, 9.17) is 4.42 Å². The molecule has 1 aliphatic heterocycles. The standard InChI is InChI=1S/C24H31N5O3/c1-16-8-9-21(32-16)24(31)28-12-10-27(11-13-28)15-22(30)26-23-20(14-25)17(2)18(3)29(23)19-6-4-5-7-19/h8-9,19H,4-7,10-13,15H2,1-3H3,(H,26,30). The molecule has 1 N–H and O–H groups in total. The zero-order valence-electron chi connectivity index (χ0n) is 19.1. The SMILES string of the molecule is Cc1ccc(C(=O)N2CCN(CC(=O)Nc3c(C#N)c(C)c(C)n3C3CCCC3)CC2)o1. The van der Waals surface area contributed by atoms with Gasteiger partial charge in [0.05, 0.1) is 12.1 Å². The zero-order chi connectivity index (χ0) is 22.8. The van der Waals surface area contributed by atoms with Crippen molar-refractivity contribution in [3.05, 3.63) is 40.5 Å². The summed E-state index contributed by atoms with van der Waals surface area (Å²) >= 11 is 0. The number of anilines is 1. The molecule has 32 heavy (non-hydrogen) atoms. The Hall–Kier alpha value is -3.05. The normalized spacial score (nSPS) is 17.5. The second kappa shape index (κ2) is 9.21. The summed E-state index contributed by atoms with van der Waals surface area (Å²) in [5.74, 6) is 1.48. The first kappa shape index (κ1) is 22.2. The molecular weight excluding hydrogens is 406 g/mol. The number of piperazine rings is 1. The van der Waals surface area contributed by atoms with Crippen LogP contribution in [-0.4, -0.2) is 58.9 Å². The van der Waals surface area contributed by atoms with Crippen molar-refractivity contribution in [1.82, 2.24) is 14.4 Å². The lowest BCUT2D eigenvalue weighted by Gasteiger charge is -2.33. The number of furan rings is 1. The number of hydrogen-bond acceptors (Lipinski definition) is 5. The molecule has 1 aliphatic carbocycles. The Kier molecular flexibility index (Phi) is 6.38. The summed E-state index contributed by atoms with van der Waals surface area (Å²) in [6.45, 7) is 8.36. The quantitative estimate of drug-likeness (QED) is 0.774. The van der Waals surface area contributed by atoms with Crippen LogP contribution in [0.3, 0.4) is 0 Å². The highest BCUT2D eigenvalue weighted by Crippen LogP contribution is 2.37. The Labute approximate surface area is 188 Å². The molecule has 0 aromatic carbocycles. The van der Waals surface area contributed by atoms with E-state index in [2.05, 4.69) is 16.0 Å². The highest BCUT2D eigenvalue weighted by molar-refractivity contribution is 5.93. The predicted octanol–water partition coefficient (Wildman–Crippen LogP) is 3.39. The molecule has 1 saturated heterocycles. The van der Waals surface area contributed by atoms with Crippen molar-refractivity contribution < 1.29 is 14.0 Å². The summed E-state index contributed by atoms with van der Waals surface area (Å²) < 4.78 is 7.61. The molecule has 0 atom stereocenters. The molecule has 0 spiro atoms. The summed E-state index contributed by atoms with van der Waals surface area (Å²) in [6.07, 6.45) is 4.51. The van der Waals surface area contributed by atoms with Gasteiger partial charge in [-0.15, -0.1) is 0 Å². The van der Waals surface area contributed by atoms with Crippen molar-refractivity contribution in [1.29, 1.82) is 5.26 Å². The Balaban J connectivity index is 1.38. The summed E-state index contributed by atoms with van der Waals surface area (Å²) in [4.78, 5) is 29.3. The minimum Gasteiger partial charge on any atom is -0.456 e. The van der Waals surface area contributed by atoms with Crippen LogP contribution in [0.2, 0.25) is 0 Å². The number of nitrogens with one attached hydrogen (secondary N) is 1. The molecule has 4 rings (SSSR count). The van der Waals surface area contributed by atoms with Crippen molar-refractivity contribution in [2.75, 3.05) is 38.0 Å². The van der Waals surface area contributed by atoms with Crippen molar-refractivity contribution >= 4 is 17.6 Å². The van der Waals surface area contributed by atoms with Crippen LogP contribution >= 0.6 is 0 Å². The molecule has 170 valence electrons. The van der Waals surface area contributed by atoms with Gasteiger partial charge in [0.2, 0.25) is 5.91 Å². The first-order valence-corrected chi connectivity index (χ1v) is 11.4. The number of hydrogen-bond donors (Lipinski definition) is 1. The van der Waals surface area contributed by atoms with Crippen molar-refractivity contribution in [2.45, 2.75) is 52.5 Å². The van der Waals surface area contributed by atoms with E-state index in [1.54, 1.807) is 17.0 Å².